The first kappa shape index (κ1) is 18.1. The number of thioether (sulfide) groups is 1. The Balaban J connectivity index is 2.22. The van der Waals surface area contributed by atoms with E-state index in [1.165, 1.54) is 18.0 Å². The van der Waals surface area contributed by atoms with E-state index in [2.05, 4.69) is 5.32 Å². The number of nitrogen functional groups attached to an aromatic ring is 1. The summed E-state index contributed by atoms with van der Waals surface area (Å²) in [6.07, 6.45) is 2.27. The second kappa shape index (κ2) is 8.51. The zero-order chi connectivity index (χ0) is 15.9. The van der Waals surface area contributed by atoms with E-state index in [9.17, 15) is 13.2 Å². The highest BCUT2D eigenvalue weighted by molar-refractivity contribution is 8.00. The number of anilines is 2. The van der Waals surface area contributed by atoms with Crippen molar-refractivity contribution in [1.82, 2.24) is 0 Å². The van der Waals surface area contributed by atoms with Crippen LogP contribution < -0.4 is 11.1 Å². The smallest absolute Gasteiger partial charge is 0.224 e. The van der Waals surface area contributed by atoms with Gasteiger partial charge in [-0.25, -0.2) is 8.42 Å². The second-order valence-corrected chi connectivity index (χ2v) is 8.52. The monoisotopic (exact) mass is 350 g/mol. The molecule has 1 amide bonds. The molecule has 8 heteroatoms. The zero-order valence-corrected chi connectivity index (χ0v) is 14.2. The van der Waals surface area contributed by atoms with Crippen LogP contribution in [0.1, 0.15) is 12.8 Å². The van der Waals surface area contributed by atoms with Gasteiger partial charge in [-0.05, 0) is 30.4 Å². The Morgan fingerprint density at radius 1 is 1.38 bits per heavy atom. The molecule has 0 spiro atoms. The van der Waals surface area contributed by atoms with Crippen LogP contribution in [-0.4, -0.2) is 37.8 Å². The van der Waals surface area contributed by atoms with Gasteiger partial charge in [0.2, 0.25) is 5.91 Å². The lowest BCUT2D eigenvalue weighted by molar-refractivity contribution is -0.116. The summed E-state index contributed by atoms with van der Waals surface area (Å²) in [7, 11) is -2.90. The fourth-order valence-corrected chi connectivity index (χ4v) is 3.96. The standard InChI is InChI=1S/C13H19ClN2O3S2/c1-21(18,19)8-7-20-6-2-3-13(17)16-12-5-4-10(15)9-11(12)14/h4-5,9H,2-3,6-8,15H2,1H3,(H,16,17). The normalized spacial score (nSPS) is 11.3. The van der Waals surface area contributed by atoms with Gasteiger partial charge in [0.1, 0.15) is 9.84 Å². The fourth-order valence-electron chi connectivity index (χ4n) is 1.49. The van der Waals surface area contributed by atoms with Crippen molar-refractivity contribution < 1.29 is 13.2 Å². The molecule has 118 valence electrons. The van der Waals surface area contributed by atoms with Crippen molar-refractivity contribution in [2.75, 3.05) is 34.6 Å². The molecule has 1 rings (SSSR count). The van der Waals surface area contributed by atoms with E-state index in [4.69, 9.17) is 17.3 Å². The lowest BCUT2D eigenvalue weighted by Crippen LogP contribution is -2.12. The zero-order valence-electron chi connectivity index (χ0n) is 11.8. The summed E-state index contributed by atoms with van der Waals surface area (Å²) in [5.74, 6) is 1.36. The molecule has 0 aromatic heterocycles. The molecule has 0 aliphatic rings. The maximum atomic E-state index is 11.7. The van der Waals surface area contributed by atoms with Gasteiger partial charge in [0.15, 0.2) is 0 Å². The first-order chi connectivity index (χ1) is 9.78. The third-order valence-electron chi connectivity index (χ3n) is 2.56. The van der Waals surface area contributed by atoms with Crippen molar-refractivity contribution in [2.24, 2.45) is 0 Å². The van der Waals surface area contributed by atoms with E-state index in [0.717, 1.165) is 5.75 Å². The van der Waals surface area contributed by atoms with Crippen LogP contribution in [0.25, 0.3) is 0 Å². The summed E-state index contributed by atoms with van der Waals surface area (Å²) in [5.41, 5.74) is 6.66. The highest BCUT2D eigenvalue weighted by atomic mass is 35.5. The van der Waals surface area contributed by atoms with Crippen LogP contribution in [0.3, 0.4) is 0 Å². The molecule has 1 aromatic carbocycles. The minimum absolute atomic E-state index is 0.120. The van der Waals surface area contributed by atoms with Gasteiger partial charge in [-0.2, -0.15) is 11.8 Å². The van der Waals surface area contributed by atoms with Crippen LogP contribution in [0.15, 0.2) is 18.2 Å². The van der Waals surface area contributed by atoms with Gasteiger partial charge >= 0.3 is 0 Å². The van der Waals surface area contributed by atoms with E-state index in [-0.39, 0.29) is 11.7 Å². The number of amides is 1. The Bertz CT molecular complexity index is 591. The second-order valence-electron chi connectivity index (χ2n) is 4.63. The lowest BCUT2D eigenvalue weighted by Gasteiger charge is -2.07. The number of carbonyl (C=O) groups excluding carboxylic acids is 1. The minimum Gasteiger partial charge on any atom is -0.399 e. The van der Waals surface area contributed by atoms with Crippen LogP contribution in [0.2, 0.25) is 5.02 Å². The minimum atomic E-state index is -2.90. The molecule has 0 heterocycles. The first-order valence-corrected chi connectivity index (χ1v) is 9.97. The molecular formula is C13H19ClN2O3S2. The molecule has 0 unspecified atom stereocenters. The Morgan fingerprint density at radius 3 is 2.71 bits per heavy atom. The highest BCUT2D eigenvalue weighted by Crippen LogP contribution is 2.24. The molecule has 0 radical (unpaired) electrons. The van der Waals surface area contributed by atoms with Gasteiger partial charge in [0, 0.05) is 24.1 Å². The van der Waals surface area contributed by atoms with Gasteiger partial charge < -0.3 is 11.1 Å². The Morgan fingerprint density at radius 2 is 2.10 bits per heavy atom. The van der Waals surface area contributed by atoms with Gasteiger partial charge in [0.25, 0.3) is 0 Å². The van der Waals surface area contributed by atoms with Crippen LogP contribution in [0.5, 0.6) is 0 Å². The topological polar surface area (TPSA) is 89.3 Å². The van der Waals surface area contributed by atoms with E-state index in [1.54, 1.807) is 18.2 Å². The van der Waals surface area contributed by atoms with Crippen molar-refractivity contribution in [3.8, 4) is 0 Å². The van der Waals surface area contributed by atoms with Gasteiger partial charge in [0.05, 0.1) is 16.5 Å². The summed E-state index contributed by atoms with van der Waals surface area (Å²) < 4.78 is 21.9. The molecule has 0 aliphatic carbocycles. The molecule has 0 saturated heterocycles. The Hall–Kier alpha value is -0.920. The largest absolute Gasteiger partial charge is 0.399 e. The number of hydrogen-bond donors (Lipinski definition) is 2. The van der Waals surface area contributed by atoms with Crippen molar-refractivity contribution in [1.29, 1.82) is 0 Å². The fraction of sp³-hybridized carbons (Fsp3) is 0.462. The summed E-state index contributed by atoms with van der Waals surface area (Å²) in [6.45, 7) is 0. The van der Waals surface area contributed by atoms with Crippen molar-refractivity contribution in [3.63, 3.8) is 0 Å². The summed E-state index contributed by atoms with van der Waals surface area (Å²) in [4.78, 5) is 11.7. The molecule has 3 N–H and O–H groups in total. The average molecular weight is 351 g/mol. The summed E-state index contributed by atoms with van der Waals surface area (Å²) in [5, 5.41) is 3.13. The number of rotatable bonds is 8. The molecule has 0 aliphatic heterocycles. The number of benzene rings is 1. The van der Waals surface area contributed by atoms with E-state index in [0.29, 0.717) is 35.0 Å². The van der Waals surface area contributed by atoms with Gasteiger partial charge in [-0.15, -0.1) is 0 Å². The predicted octanol–water partition coefficient (Wildman–Crippen LogP) is 2.42. The highest BCUT2D eigenvalue weighted by Gasteiger charge is 2.06. The third-order valence-corrected chi connectivity index (χ3v) is 5.15. The summed E-state index contributed by atoms with van der Waals surface area (Å²) in [6, 6.07) is 4.91. The van der Waals surface area contributed by atoms with E-state index in [1.807, 2.05) is 0 Å². The molecule has 0 atom stereocenters. The third kappa shape index (κ3) is 8.18. The maximum Gasteiger partial charge on any atom is 0.224 e. The van der Waals surface area contributed by atoms with E-state index < -0.39 is 9.84 Å². The molecule has 5 nitrogen and oxygen atoms in total. The van der Waals surface area contributed by atoms with Crippen molar-refractivity contribution in [3.05, 3.63) is 23.2 Å². The number of nitrogens with two attached hydrogens (primary N) is 1. The SMILES string of the molecule is CS(=O)(=O)CCSCCCC(=O)Nc1ccc(N)cc1Cl. The van der Waals surface area contributed by atoms with Crippen molar-refractivity contribution in [2.45, 2.75) is 12.8 Å². The average Bonchev–Trinajstić information content (AvgIpc) is 2.36. The van der Waals surface area contributed by atoms with Crippen molar-refractivity contribution >= 4 is 50.5 Å². The maximum absolute atomic E-state index is 11.7. The predicted molar refractivity (Wildman–Crippen MR) is 90.8 cm³/mol. The molecule has 0 saturated carbocycles. The number of hydrogen-bond acceptors (Lipinski definition) is 5. The van der Waals surface area contributed by atoms with E-state index >= 15 is 0 Å². The summed E-state index contributed by atoms with van der Waals surface area (Å²) >= 11 is 7.49. The number of halogens is 1. The first-order valence-electron chi connectivity index (χ1n) is 6.38. The molecule has 21 heavy (non-hydrogen) atoms. The number of nitrogens with one attached hydrogen (secondary N) is 1. The van der Waals surface area contributed by atoms with Crippen LogP contribution >= 0.6 is 23.4 Å². The lowest BCUT2D eigenvalue weighted by atomic mass is 10.2. The van der Waals surface area contributed by atoms with Gasteiger partial charge in [-0.3, -0.25) is 4.79 Å². The number of sulfone groups is 1. The van der Waals surface area contributed by atoms with Crippen LogP contribution in [0.4, 0.5) is 11.4 Å². The molecule has 0 bridgehead atoms. The van der Waals surface area contributed by atoms with Crippen LogP contribution in [-0.2, 0) is 14.6 Å². The molecule has 1 aromatic rings. The Kier molecular flexibility index (Phi) is 7.34. The number of carbonyl (C=O) groups is 1. The van der Waals surface area contributed by atoms with Crippen LogP contribution in [0, 0.1) is 0 Å². The molecular weight excluding hydrogens is 332 g/mol. The van der Waals surface area contributed by atoms with Gasteiger partial charge in [-0.1, -0.05) is 11.6 Å². The quantitative estimate of drug-likeness (QED) is 0.555. The Labute approximate surface area is 134 Å². The molecule has 0 fully saturated rings.